The fourth-order valence-corrected chi connectivity index (χ4v) is 3.15. The number of halogens is 1. The lowest BCUT2D eigenvalue weighted by molar-refractivity contribution is 1.43. The Bertz CT molecular complexity index is 453. The molecule has 82 valence electrons. The van der Waals surface area contributed by atoms with E-state index in [4.69, 9.17) is 11.6 Å². The van der Waals surface area contributed by atoms with Crippen molar-refractivity contribution in [2.75, 3.05) is 0 Å². The van der Waals surface area contributed by atoms with Crippen LogP contribution in [0, 0.1) is 0 Å². The van der Waals surface area contributed by atoms with Crippen molar-refractivity contribution >= 4 is 45.6 Å². The van der Waals surface area contributed by atoms with E-state index in [1.54, 1.807) is 34.0 Å². The van der Waals surface area contributed by atoms with E-state index >= 15 is 0 Å². The zero-order valence-corrected chi connectivity index (χ0v) is 11.4. The van der Waals surface area contributed by atoms with Crippen LogP contribution in [0.5, 0.6) is 0 Å². The summed E-state index contributed by atoms with van der Waals surface area (Å²) in [5, 5.41) is 4.03. The number of aromatic nitrogens is 1. The second kappa shape index (κ2) is 6.15. The molecule has 0 aliphatic heterocycles. The normalized spacial score (nSPS) is 9.56. The van der Waals surface area contributed by atoms with Gasteiger partial charge in [-0.2, -0.15) is 0 Å². The second-order valence-corrected chi connectivity index (χ2v) is 6.17. The molecular formula is C11H8ClNS3. The van der Waals surface area contributed by atoms with E-state index in [1.807, 2.05) is 29.2 Å². The predicted molar refractivity (Wildman–Crippen MR) is 74.8 cm³/mol. The number of hydrogen-bond acceptors (Lipinski definition) is 4. The van der Waals surface area contributed by atoms with E-state index in [1.165, 1.54) is 9.75 Å². The molecule has 1 nitrogen and oxygen atoms in total. The molecule has 0 N–H and O–H groups in total. The van der Waals surface area contributed by atoms with Crippen LogP contribution < -0.4 is 0 Å². The van der Waals surface area contributed by atoms with Gasteiger partial charge in [-0.1, -0.05) is 17.7 Å². The van der Waals surface area contributed by atoms with Gasteiger partial charge in [-0.15, -0.1) is 34.0 Å². The van der Waals surface area contributed by atoms with Crippen molar-refractivity contribution in [2.45, 2.75) is 0 Å². The second-order valence-electron chi connectivity index (χ2n) is 2.76. The molecule has 3 rings (SSSR count). The summed E-state index contributed by atoms with van der Waals surface area (Å²) in [6.07, 6.45) is 1.90. The van der Waals surface area contributed by atoms with Crippen LogP contribution in [-0.4, -0.2) is 4.98 Å². The molecule has 0 fully saturated rings. The zero-order valence-electron chi connectivity index (χ0n) is 8.17. The maximum atomic E-state index is 5.47. The van der Waals surface area contributed by atoms with Gasteiger partial charge in [-0.05, 0) is 29.0 Å². The van der Waals surface area contributed by atoms with Crippen LogP contribution in [0.15, 0.2) is 46.7 Å². The Balaban J connectivity index is 0.000000138. The van der Waals surface area contributed by atoms with E-state index in [0.717, 1.165) is 4.34 Å². The number of thiazole rings is 1. The Kier molecular flexibility index (Phi) is 4.54. The molecule has 3 aromatic heterocycles. The van der Waals surface area contributed by atoms with E-state index in [-0.39, 0.29) is 0 Å². The molecule has 3 heterocycles. The SMILES string of the molecule is Clc1cccs1.c1csc(-c2cncs2)c1. The first-order valence-electron chi connectivity index (χ1n) is 4.47. The van der Waals surface area contributed by atoms with Crippen LogP contribution in [-0.2, 0) is 0 Å². The highest BCUT2D eigenvalue weighted by Gasteiger charge is 1.97. The molecule has 0 radical (unpaired) electrons. The maximum absolute atomic E-state index is 5.47. The maximum Gasteiger partial charge on any atom is 0.0928 e. The number of nitrogens with zero attached hydrogens (tertiary/aromatic N) is 1. The quantitative estimate of drug-likeness (QED) is 0.593. The van der Waals surface area contributed by atoms with Gasteiger partial charge in [0.15, 0.2) is 0 Å². The molecule has 0 unspecified atom stereocenters. The van der Waals surface area contributed by atoms with Crippen LogP contribution in [0.25, 0.3) is 9.75 Å². The first-order chi connectivity index (χ1) is 7.86. The molecule has 0 bridgehead atoms. The summed E-state index contributed by atoms with van der Waals surface area (Å²) >= 11 is 10.4. The lowest BCUT2D eigenvalue weighted by atomic mass is 10.4. The molecule has 0 saturated heterocycles. The van der Waals surface area contributed by atoms with Gasteiger partial charge < -0.3 is 0 Å². The third-order valence-electron chi connectivity index (χ3n) is 1.68. The molecule has 0 aliphatic rings. The van der Waals surface area contributed by atoms with Crippen LogP contribution in [0.2, 0.25) is 4.34 Å². The van der Waals surface area contributed by atoms with Gasteiger partial charge in [-0.3, -0.25) is 4.98 Å². The summed E-state index contributed by atoms with van der Waals surface area (Å²) < 4.78 is 0.856. The minimum atomic E-state index is 0.856. The largest absolute Gasteiger partial charge is 0.252 e. The zero-order chi connectivity index (χ0) is 11.2. The number of hydrogen-bond donors (Lipinski definition) is 0. The molecule has 0 amide bonds. The minimum absolute atomic E-state index is 0.856. The average molecular weight is 286 g/mol. The fraction of sp³-hybridized carbons (Fsp3) is 0. The summed E-state index contributed by atoms with van der Waals surface area (Å²) in [5.74, 6) is 0. The van der Waals surface area contributed by atoms with Crippen LogP contribution in [0.3, 0.4) is 0 Å². The van der Waals surface area contributed by atoms with E-state index < -0.39 is 0 Å². The summed E-state index contributed by atoms with van der Waals surface area (Å²) in [5.41, 5.74) is 1.86. The first-order valence-corrected chi connectivity index (χ1v) is 7.49. The van der Waals surface area contributed by atoms with Gasteiger partial charge in [0.1, 0.15) is 0 Å². The van der Waals surface area contributed by atoms with Crippen molar-refractivity contribution in [3.63, 3.8) is 0 Å². The van der Waals surface area contributed by atoms with E-state index in [2.05, 4.69) is 22.5 Å². The molecule has 0 spiro atoms. The van der Waals surface area contributed by atoms with E-state index in [0.29, 0.717) is 0 Å². The Morgan fingerprint density at radius 3 is 2.19 bits per heavy atom. The standard InChI is InChI=1S/C7H5NS2.C4H3ClS/c1-2-6(9-3-1)7-4-8-5-10-7;5-4-2-1-3-6-4/h1-5H;1-3H. The third-order valence-corrected chi connectivity index (χ3v) is 4.57. The molecule has 0 saturated carbocycles. The van der Waals surface area contributed by atoms with Crippen molar-refractivity contribution in [1.82, 2.24) is 4.98 Å². The van der Waals surface area contributed by atoms with Crippen LogP contribution in [0.4, 0.5) is 0 Å². The lowest BCUT2D eigenvalue weighted by Crippen LogP contribution is -1.57. The van der Waals surface area contributed by atoms with Crippen molar-refractivity contribution < 1.29 is 0 Å². The molecule has 0 aliphatic carbocycles. The molecule has 16 heavy (non-hydrogen) atoms. The van der Waals surface area contributed by atoms with Gasteiger partial charge in [0.05, 0.1) is 14.7 Å². The van der Waals surface area contributed by atoms with Crippen LogP contribution >= 0.6 is 45.6 Å². The highest BCUT2D eigenvalue weighted by Crippen LogP contribution is 2.27. The van der Waals surface area contributed by atoms with Crippen molar-refractivity contribution in [3.05, 3.63) is 51.1 Å². The van der Waals surface area contributed by atoms with Crippen molar-refractivity contribution in [1.29, 1.82) is 0 Å². The Labute approximate surface area is 111 Å². The predicted octanol–water partition coefficient (Wildman–Crippen LogP) is 5.27. The van der Waals surface area contributed by atoms with Gasteiger partial charge >= 0.3 is 0 Å². The topological polar surface area (TPSA) is 12.9 Å². The molecule has 3 aromatic rings. The van der Waals surface area contributed by atoms with Gasteiger partial charge in [0.25, 0.3) is 0 Å². The third kappa shape index (κ3) is 3.42. The summed E-state index contributed by atoms with van der Waals surface area (Å²) in [6, 6.07) is 7.96. The minimum Gasteiger partial charge on any atom is -0.252 e. The Morgan fingerprint density at radius 1 is 0.938 bits per heavy atom. The van der Waals surface area contributed by atoms with Crippen molar-refractivity contribution in [2.24, 2.45) is 0 Å². The Hall–Kier alpha value is -0.680. The van der Waals surface area contributed by atoms with E-state index in [9.17, 15) is 0 Å². The molecule has 0 atom stereocenters. The first kappa shape index (κ1) is 11.8. The van der Waals surface area contributed by atoms with Gasteiger partial charge in [-0.25, -0.2) is 0 Å². The smallest absolute Gasteiger partial charge is 0.0928 e. The number of rotatable bonds is 1. The summed E-state index contributed by atoms with van der Waals surface area (Å²) in [4.78, 5) is 6.57. The van der Waals surface area contributed by atoms with Crippen molar-refractivity contribution in [3.8, 4) is 9.75 Å². The average Bonchev–Trinajstić information content (AvgIpc) is 3.02. The van der Waals surface area contributed by atoms with Crippen LogP contribution in [0.1, 0.15) is 0 Å². The molecule has 5 heteroatoms. The highest BCUT2D eigenvalue weighted by atomic mass is 35.5. The fourth-order valence-electron chi connectivity index (χ4n) is 1.01. The highest BCUT2D eigenvalue weighted by molar-refractivity contribution is 7.20. The molecular weight excluding hydrogens is 278 g/mol. The lowest BCUT2D eigenvalue weighted by Gasteiger charge is -1.83. The number of thiophene rings is 2. The van der Waals surface area contributed by atoms with Gasteiger partial charge in [0, 0.05) is 11.1 Å². The molecule has 0 aromatic carbocycles. The summed E-state index contributed by atoms with van der Waals surface area (Å²) in [7, 11) is 0. The monoisotopic (exact) mass is 285 g/mol. The Morgan fingerprint density at radius 2 is 1.75 bits per heavy atom. The summed E-state index contributed by atoms with van der Waals surface area (Å²) in [6.45, 7) is 0. The van der Waals surface area contributed by atoms with Gasteiger partial charge in [0.2, 0.25) is 0 Å².